The van der Waals surface area contributed by atoms with Gasteiger partial charge in [-0.05, 0) is 24.3 Å². The van der Waals surface area contributed by atoms with Gasteiger partial charge in [0, 0.05) is 12.4 Å². The summed E-state index contributed by atoms with van der Waals surface area (Å²) in [7, 11) is 0. The monoisotopic (exact) mass is 346 g/mol. The second-order valence-corrected chi connectivity index (χ2v) is 5.67. The van der Waals surface area contributed by atoms with Gasteiger partial charge in [-0.15, -0.1) is 0 Å². The Hall–Kier alpha value is -3.93. The van der Waals surface area contributed by atoms with Crippen molar-refractivity contribution in [3.05, 3.63) is 54.1 Å². The number of aromatic nitrogens is 2. The maximum Gasteiger partial charge on any atom is 0.259 e. The lowest BCUT2D eigenvalue weighted by Crippen LogP contribution is -2.36. The molecule has 1 saturated heterocycles. The number of nitriles is 1. The lowest BCUT2D eigenvalue weighted by molar-refractivity contribution is -0.122. The van der Waals surface area contributed by atoms with E-state index in [-0.39, 0.29) is 11.4 Å². The molecule has 26 heavy (non-hydrogen) atoms. The molecule has 2 aromatic rings. The lowest BCUT2D eigenvalue weighted by atomic mass is 9.94. The van der Waals surface area contributed by atoms with Gasteiger partial charge >= 0.3 is 0 Å². The molecule has 126 valence electrons. The number of nitrogens with one attached hydrogen (secondary N) is 1. The van der Waals surface area contributed by atoms with Gasteiger partial charge in [0.2, 0.25) is 11.7 Å². The third-order valence-electron chi connectivity index (χ3n) is 4.21. The summed E-state index contributed by atoms with van der Waals surface area (Å²) in [6, 6.07) is 7.08. The highest BCUT2D eigenvalue weighted by atomic mass is 16.2. The zero-order valence-corrected chi connectivity index (χ0v) is 13.2. The number of amides is 2. The van der Waals surface area contributed by atoms with E-state index in [9.17, 15) is 14.4 Å². The van der Waals surface area contributed by atoms with Crippen molar-refractivity contribution in [1.29, 1.82) is 5.26 Å². The number of fused-ring (bicyclic) bond motifs is 1. The van der Waals surface area contributed by atoms with Crippen LogP contribution in [0, 0.1) is 17.2 Å². The second kappa shape index (κ2) is 5.86. The van der Waals surface area contributed by atoms with Crippen molar-refractivity contribution < 1.29 is 14.4 Å². The van der Waals surface area contributed by atoms with Gasteiger partial charge in [0.1, 0.15) is 23.4 Å². The third kappa shape index (κ3) is 2.24. The molecule has 4 rings (SSSR count). The van der Waals surface area contributed by atoms with Crippen LogP contribution in [0.4, 0.5) is 5.69 Å². The van der Waals surface area contributed by atoms with E-state index in [1.54, 1.807) is 0 Å². The van der Waals surface area contributed by atoms with Crippen LogP contribution in [0.3, 0.4) is 0 Å². The predicted octanol–water partition coefficient (Wildman–Crippen LogP) is 0.0484. The number of anilines is 1. The van der Waals surface area contributed by atoms with Gasteiger partial charge in [-0.3, -0.25) is 24.8 Å². The molecule has 1 aromatic heterocycles. The molecule has 2 atom stereocenters. The minimum Gasteiger partial charge on any atom is -0.296 e. The van der Waals surface area contributed by atoms with Gasteiger partial charge in [0.15, 0.2) is 0 Å². The van der Waals surface area contributed by atoms with Crippen molar-refractivity contribution >= 4 is 29.0 Å². The van der Waals surface area contributed by atoms with Crippen LogP contribution in [0.1, 0.15) is 16.1 Å². The Bertz CT molecular complexity index is 993. The van der Waals surface area contributed by atoms with Gasteiger partial charge in [-0.1, -0.05) is 0 Å². The van der Waals surface area contributed by atoms with E-state index in [0.717, 1.165) is 4.90 Å². The van der Waals surface area contributed by atoms with Crippen LogP contribution in [-0.4, -0.2) is 39.3 Å². The van der Waals surface area contributed by atoms with E-state index in [1.165, 1.54) is 42.9 Å². The van der Waals surface area contributed by atoms with Crippen LogP contribution < -0.4 is 10.3 Å². The van der Waals surface area contributed by atoms with Gasteiger partial charge in [0.05, 0.1) is 23.5 Å². The van der Waals surface area contributed by atoms with Crippen LogP contribution in [0.25, 0.3) is 0 Å². The van der Waals surface area contributed by atoms with Gasteiger partial charge < -0.3 is 0 Å². The number of hydrogen-bond donors (Lipinski definition) is 1. The van der Waals surface area contributed by atoms with E-state index in [1.807, 2.05) is 6.07 Å². The molecule has 0 aliphatic carbocycles. The number of nitrogens with zero attached hydrogens (tertiary/aromatic N) is 5. The average Bonchev–Trinajstić information content (AvgIpc) is 3.22. The van der Waals surface area contributed by atoms with Crippen molar-refractivity contribution in [2.75, 3.05) is 4.90 Å². The van der Waals surface area contributed by atoms with Gasteiger partial charge in [-0.2, -0.15) is 10.4 Å². The summed E-state index contributed by atoms with van der Waals surface area (Å²) in [5, 5.41) is 12.8. The van der Waals surface area contributed by atoms with E-state index in [4.69, 9.17) is 5.26 Å². The molecule has 2 amide bonds. The van der Waals surface area contributed by atoms with E-state index < -0.39 is 29.6 Å². The number of Topliss-reactive ketones (excluding diaryl/α,β-unsaturated/α-hetero) is 1. The Labute approximate surface area is 147 Å². The molecule has 2 aliphatic rings. The summed E-state index contributed by atoms with van der Waals surface area (Å²) in [5.41, 5.74) is 3.30. The quantitative estimate of drug-likeness (QED) is 0.614. The first-order valence-electron chi connectivity index (χ1n) is 7.63. The van der Waals surface area contributed by atoms with Crippen molar-refractivity contribution in [2.24, 2.45) is 11.0 Å². The highest BCUT2D eigenvalue weighted by Gasteiger charge is 2.55. The van der Waals surface area contributed by atoms with Crippen LogP contribution in [0.2, 0.25) is 0 Å². The molecule has 0 spiro atoms. The number of imide groups is 1. The fourth-order valence-electron chi connectivity index (χ4n) is 2.96. The van der Waals surface area contributed by atoms with Crippen molar-refractivity contribution in [3.8, 4) is 6.07 Å². The van der Waals surface area contributed by atoms with Crippen molar-refractivity contribution in [2.45, 2.75) is 6.04 Å². The topological polar surface area (TPSA) is 128 Å². The highest BCUT2D eigenvalue weighted by molar-refractivity contribution is 6.52. The zero-order chi connectivity index (χ0) is 18.3. The van der Waals surface area contributed by atoms with E-state index in [2.05, 4.69) is 20.5 Å². The predicted molar refractivity (Wildman–Crippen MR) is 87.9 cm³/mol. The Balaban J connectivity index is 1.66. The minimum atomic E-state index is -1.02. The molecule has 1 N–H and O–H groups in total. The summed E-state index contributed by atoms with van der Waals surface area (Å²) in [6.45, 7) is 0. The Kier molecular flexibility index (Phi) is 3.51. The molecule has 9 heteroatoms. The zero-order valence-electron chi connectivity index (χ0n) is 13.2. The maximum atomic E-state index is 12.8. The van der Waals surface area contributed by atoms with Crippen LogP contribution in [-0.2, 0) is 9.59 Å². The normalized spacial score (nSPS) is 21.0. The molecular weight excluding hydrogens is 336 g/mol. The van der Waals surface area contributed by atoms with E-state index in [0.29, 0.717) is 11.3 Å². The van der Waals surface area contributed by atoms with Crippen molar-refractivity contribution in [1.82, 2.24) is 15.4 Å². The molecule has 1 aromatic carbocycles. The highest BCUT2D eigenvalue weighted by Crippen LogP contribution is 2.31. The summed E-state index contributed by atoms with van der Waals surface area (Å²) < 4.78 is 0. The second-order valence-electron chi connectivity index (χ2n) is 5.67. The van der Waals surface area contributed by atoms with E-state index >= 15 is 0 Å². The lowest BCUT2D eigenvalue weighted by Gasteiger charge is -2.15. The van der Waals surface area contributed by atoms with Gasteiger partial charge in [0.25, 0.3) is 5.91 Å². The SMILES string of the molecule is N#Cc1ccc(N2C(=O)[C@H]3C(C(=O)c4cnccn4)=NN[C@H]3C2=O)cc1. The Morgan fingerprint density at radius 1 is 1.15 bits per heavy atom. The van der Waals surface area contributed by atoms with Crippen LogP contribution >= 0.6 is 0 Å². The molecule has 3 heterocycles. The van der Waals surface area contributed by atoms with Crippen LogP contribution in [0.5, 0.6) is 0 Å². The molecular formula is C17H10N6O3. The smallest absolute Gasteiger partial charge is 0.259 e. The Morgan fingerprint density at radius 3 is 2.58 bits per heavy atom. The number of ketones is 1. The number of rotatable bonds is 3. The summed E-state index contributed by atoms with van der Waals surface area (Å²) >= 11 is 0. The standard InChI is InChI=1S/C17H10N6O3/c18-7-9-1-3-10(4-2-9)23-16(25)12-13(21-22-14(12)17(23)26)15(24)11-8-19-5-6-20-11/h1-6,8,12,14,22H/t12-,14+/m0/s1. The van der Waals surface area contributed by atoms with Crippen molar-refractivity contribution in [3.63, 3.8) is 0 Å². The molecule has 9 nitrogen and oxygen atoms in total. The van der Waals surface area contributed by atoms with Crippen LogP contribution in [0.15, 0.2) is 48.0 Å². The van der Waals surface area contributed by atoms with Gasteiger partial charge in [-0.25, -0.2) is 9.88 Å². The number of hydrazone groups is 1. The Morgan fingerprint density at radius 2 is 1.92 bits per heavy atom. The fraction of sp³-hybridized carbons (Fsp3) is 0.118. The first-order valence-corrected chi connectivity index (χ1v) is 7.63. The largest absolute Gasteiger partial charge is 0.296 e. The molecule has 0 radical (unpaired) electrons. The summed E-state index contributed by atoms with van der Waals surface area (Å²) in [4.78, 5) is 46.8. The molecule has 0 saturated carbocycles. The summed E-state index contributed by atoms with van der Waals surface area (Å²) in [5.74, 6) is -2.63. The summed E-state index contributed by atoms with van der Waals surface area (Å²) in [6.07, 6.45) is 4.06. The first-order chi connectivity index (χ1) is 12.6. The first kappa shape index (κ1) is 15.6. The molecule has 1 fully saturated rings. The minimum absolute atomic E-state index is 0.0470. The third-order valence-corrected chi connectivity index (χ3v) is 4.21. The number of carbonyl (C=O) groups is 3. The molecule has 2 aliphatic heterocycles. The number of hydrogen-bond acceptors (Lipinski definition) is 8. The maximum absolute atomic E-state index is 12.8. The number of benzene rings is 1. The number of carbonyl (C=O) groups excluding carboxylic acids is 3. The molecule has 0 bridgehead atoms. The molecule has 0 unspecified atom stereocenters. The fourth-order valence-corrected chi connectivity index (χ4v) is 2.96. The average molecular weight is 346 g/mol.